The summed E-state index contributed by atoms with van der Waals surface area (Å²) in [4.78, 5) is 26.6. The number of nitriles is 1. The van der Waals surface area contributed by atoms with Gasteiger partial charge in [0.05, 0.1) is 10.6 Å². The topological polar surface area (TPSA) is 94.5 Å². The molecule has 0 radical (unpaired) electrons. The Labute approximate surface area is 167 Å². The van der Waals surface area contributed by atoms with E-state index in [2.05, 4.69) is 10.6 Å². The number of benzene rings is 2. The van der Waals surface area contributed by atoms with Crippen LogP contribution in [0.2, 0.25) is 5.02 Å². The van der Waals surface area contributed by atoms with Gasteiger partial charge in [0.1, 0.15) is 18.7 Å². The standard InChI is InChI=1S/C20H19ClN4O3/c21-17-10-16(7-6-15(17)11-22)24-19(26)18-12-23-8-9-25(18)20(27)28-13-14-4-2-1-3-5-14/h1-7,10,18,23H,8-9,12-13H2,(H,24,26). The van der Waals surface area contributed by atoms with Crippen LogP contribution in [0, 0.1) is 11.3 Å². The zero-order chi connectivity index (χ0) is 19.9. The first-order valence-electron chi connectivity index (χ1n) is 8.77. The number of hydrogen-bond acceptors (Lipinski definition) is 5. The van der Waals surface area contributed by atoms with Gasteiger partial charge in [0, 0.05) is 25.3 Å². The second kappa shape index (κ2) is 9.22. The van der Waals surface area contributed by atoms with Gasteiger partial charge in [-0.1, -0.05) is 41.9 Å². The summed E-state index contributed by atoms with van der Waals surface area (Å²) in [5, 5.41) is 15.0. The number of hydrogen-bond donors (Lipinski definition) is 2. The maximum atomic E-state index is 12.7. The Morgan fingerprint density at radius 1 is 1.29 bits per heavy atom. The first-order chi connectivity index (χ1) is 13.6. The molecule has 0 aromatic heterocycles. The Morgan fingerprint density at radius 2 is 2.07 bits per heavy atom. The van der Waals surface area contributed by atoms with Crippen molar-refractivity contribution in [3.05, 3.63) is 64.7 Å². The highest BCUT2D eigenvalue weighted by atomic mass is 35.5. The van der Waals surface area contributed by atoms with Gasteiger partial charge in [-0.25, -0.2) is 4.79 Å². The van der Waals surface area contributed by atoms with Crippen LogP contribution in [0.5, 0.6) is 0 Å². The van der Waals surface area contributed by atoms with Crippen molar-refractivity contribution in [1.29, 1.82) is 5.26 Å². The fraction of sp³-hybridized carbons (Fsp3) is 0.250. The lowest BCUT2D eigenvalue weighted by atomic mass is 10.1. The molecule has 8 heteroatoms. The molecule has 7 nitrogen and oxygen atoms in total. The Morgan fingerprint density at radius 3 is 2.79 bits per heavy atom. The molecule has 1 heterocycles. The zero-order valence-corrected chi connectivity index (χ0v) is 15.8. The van der Waals surface area contributed by atoms with E-state index in [0.717, 1.165) is 5.56 Å². The first-order valence-corrected chi connectivity index (χ1v) is 9.15. The largest absolute Gasteiger partial charge is 0.445 e. The minimum Gasteiger partial charge on any atom is -0.445 e. The number of nitrogens with zero attached hydrogens (tertiary/aromatic N) is 2. The molecule has 1 unspecified atom stereocenters. The lowest BCUT2D eigenvalue weighted by Crippen LogP contribution is -2.58. The van der Waals surface area contributed by atoms with Crippen molar-refractivity contribution in [1.82, 2.24) is 10.2 Å². The third-order valence-electron chi connectivity index (χ3n) is 4.34. The van der Waals surface area contributed by atoms with Crippen LogP contribution in [0.1, 0.15) is 11.1 Å². The summed E-state index contributed by atoms with van der Waals surface area (Å²) in [5.74, 6) is -0.357. The molecule has 1 aliphatic rings. The summed E-state index contributed by atoms with van der Waals surface area (Å²) in [6, 6.07) is 15.2. The molecule has 0 spiro atoms. The van der Waals surface area contributed by atoms with Crippen molar-refractivity contribution in [2.24, 2.45) is 0 Å². The average molecular weight is 399 g/mol. The number of rotatable bonds is 4. The number of ether oxygens (including phenoxy) is 1. The van der Waals surface area contributed by atoms with Crippen molar-refractivity contribution >= 4 is 29.3 Å². The number of nitrogens with one attached hydrogen (secondary N) is 2. The second-order valence-corrected chi connectivity index (χ2v) is 6.66. The monoisotopic (exact) mass is 398 g/mol. The summed E-state index contributed by atoms with van der Waals surface area (Å²) in [6.45, 7) is 1.40. The zero-order valence-electron chi connectivity index (χ0n) is 15.0. The smallest absolute Gasteiger partial charge is 0.410 e. The second-order valence-electron chi connectivity index (χ2n) is 6.25. The molecule has 1 fully saturated rings. The third-order valence-corrected chi connectivity index (χ3v) is 4.66. The minimum absolute atomic E-state index is 0.142. The van der Waals surface area contributed by atoms with E-state index >= 15 is 0 Å². The predicted octanol–water partition coefficient (Wildman–Crippen LogP) is 2.76. The van der Waals surface area contributed by atoms with E-state index in [-0.39, 0.29) is 17.5 Å². The van der Waals surface area contributed by atoms with Crippen LogP contribution in [-0.4, -0.2) is 42.6 Å². The third kappa shape index (κ3) is 4.80. The van der Waals surface area contributed by atoms with Gasteiger partial charge >= 0.3 is 6.09 Å². The van der Waals surface area contributed by atoms with E-state index in [0.29, 0.717) is 30.9 Å². The fourth-order valence-corrected chi connectivity index (χ4v) is 3.09. The van der Waals surface area contributed by atoms with Crippen molar-refractivity contribution in [3.8, 4) is 6.07 Å². The van der Waals surface area contributed by atoms with Gasteiger partial charge < -0.3 is 15.4 Å². The molecule has 144 valence electrons. The molecule has 0 aliphatic carbocycles. The molecule has 2 amide bonds. The van der Waals surface area contributed by atoms with Crippen LogP contribution >= 0.6 is 11.6 Å². The summed E-state index contributed by atoms with van der Waals surface area (Å²) < 4.78 is 5.37. The van der Waals surface area contributed by atoms with Crippen LogP contribution in [0.4, 0.5) is 10.5 Å². The van der Waals surface area contributed by atoms with Gasteiger partial charge in [-0.3, -0.25) is 9.69 Å². The molecule has 2 N–H and O–H groups in total. The SMILES string of the molecule is N#Cc1ccc(NC(=O)C2CNCCN2C(=O)OCc2ccccc2)cc1Cl. The van der Waals surface area contributed by atoms with Gasteiger partial charge in [-0.2, -0.15) is 5.26 Å². The van der Waals surface area contributed by atoms with Crippen molar-refractivity contribution in [2.75, 3.05) is 25.0 Å². The Kier molecular flexibility index (Phi) is 6.48. The van der Waals surface area contributed by atoms with Gasteiger partial charge in [-0.05, 0) is 23.8 Å². The first kappa shape index (κ1) is 19.7. The van der Waals surface area contributed by atoms with Crippen LogP contribution < -0.4 is 10.6 Å². The quantitative estimate of drug-likeness (QED) is 0.825. The summed E-state index contributed by atoms with van der Waals surface area (Å²) in [6.07, 6.45) is -0.539. The van der Waals surface area contributed by atoms with Gasteiger partial charge in [-0.15, -0.1) is 0 Å². The number of carbonyl (C=O) groups excluding carboxylic acids is 2. The normalized spacial score (nSPS) is 16.1. The van der Waals surface area contributed by atoms with Crippen LogP contribution in [0.3, 0.4) is 0 Å². The van der Waals surface area contributed by atoms with Gasteiger partial charge in [0.2, 0.25) is 5.91 Å². The molecule has 1 atom stereocenters. The molecule has 1 saturated heterocycles. The lowest BCUT2D eigenvalue weighted by molar-refractivity contribution is -0.121. The van der Waals surface area contributed by atoms with E-state index in [1.54, 1.807) is 6.07 Å². The molecule has 0 bridgehead atoms. The molecule has 2 aromatic rings. The van der Waals surface area contributed by atoms with Crippen LogP contribution in [-0.2, 0) is 16.1 Å². The number of carbonyl (C=O) groups is 2. The lowest BCUT2D eigenvalue weighted by Gasteiger charge is -2.34. The van der Waals surface area contributed by atoms with Gasteiger partial charge in [0.25, 0.3) is 0 Å². The summed E-state index contributed by atoms with van der Waals surface area (Å²) in [7, 11) is 0. The molecule has 28 heavy (non-hydrogen) atoms. The Bertz CT molecular complexity index is 898. The number of piperazine rings is 1. The summed E-state index contributed by atoms with van der Waals surface area (Å²) >= 11 is 6.01. The van der Waals surface area contributed by atoms with Crippen molar-refractivity contribution in [3.63, 3.8) is 0 Å². The van der Waals surface area contributed by atoms with E-state index < -0.39 is 12.1 Å². The fourth-order valence-electron chi connectivity index (χ4n) is 2.87. The van der Waals surface area contributed by atoms with Crippen LogP contribution in [0.15, 0.2) is 48.5 Å². The van der Waals surface area contributed by atoms with E-state index in [1.165, 1.54) is 17.0 Å². The van der Waals surface area contributed by atoms with Crippen molar-refractivity contribution in [2.45, 2.75) is 12.6 Å². The van der Waals surface area contributed by atoms with Crippen molar-refractivity contribution < 1.29 is 14.3 Å². The van der Waals surface area contributed by atoms with Crippen LogP contribution in [0.25, 0.3) is 0 Å². The molecular formula is C20H19ClN4O3. The Hall–Kier alpha value is -3.08. The highest BCUT2D eigenvalue weighted by Crippen LogP contribution is 2.21. The highest BCUT2D eigenvalue weighted by molar-refractivity contribution is 6.32. The predicted molar refractivity (Wildman–Crippen MR) is 105 cm³/mol. The number of amides is 2. The summed E-state index contributed by atoms with van der Waals surface area (Å²) in [5.41, 5.74) is 1.65. The molecule has 0 saturated carbocycles. The average Bonchev–Trinajstić information content (AvgIpc) is 2.73. The highest BCUT2D eigenvalue weighted by Gasteiger charge is 2.33. The molecule has 2 aromatic carbocycles. The van der Waals surface area contributed by atoms with E-state index in [1.807, 2.05) is 36.4 Å². The maximum absolute atomic E-state index is 12.7. The number of anilines is 1. The molecule has 1 aliphatic heterocycles. The number of halogens is 1. The van der Waals surface area contributed by atoms with E-state index in [4.69, 9.17) is 21.6 Å². The Balaban J connectivity index is 1.64. The minimum atomic E-state index is -0.716. The molecular weight excluding hydrogens is 380 g/mol. The maximum Gasteiger partial charge on any atom is 0.410 e. The van der Waals surface area contributed by atoms with Gasteiger partial charge in [0.15, 0.2) is 0 Å². The molecule has 3 rings (SSSR count). The van der Waals surface area contributed by atoms with E-state index in [9.17, 15) is 9.59 Å².